The predicted molar refractivity (Wildman–Crippen MR) is 120 cm³/mol. The molecule has 0 atom stereocenters. The van der Waals surface area contributed by atoms with Crippen LogP contribution in [0.3, 0.4) is 0 Å². The number of ether oxygens (including phenoxy) is 10. The Labute approximate surface area is 202 Å². The van der Waals surface area contributed by atoms with Crippen molar-refractivity contribution in [3.8, 4) is 0 Å². The van der Waals surface area contributed by atoms with E-state index in [1.807, 2.05) is 0 Å². The molecule has 0 unspecified atom stereocenters. The molecule has 0 bridgehead atoms. The minimum Gasteiger partial charge on any atom is -0.467 e. The van der Waals surface area contributed by atoms with Gasteiger partial charge in [0.1, 0.15) is 6.61 Å². The number of methoxy groups -OCH3 is 1. The summed E-state index contributed by atoms with van der Waals surface area (Å²) >= 11 is 5.49. The van der Waals surface area contributed by atoms with Crippen LogP contribution in [-0.2, 0) is 52.2 Å². The molecule has 0 aromatic carbocycles. The van der Waals surface area contributed by atoms with Crippen molar-refractivity contribution < 1.29 is 52.2 Å². The van der Waals surface area contributed by atoms with E-state index < -0.39 is 5.97 Å². The maximum atomic E-state index is 10.8. The molecule has 0 amide bonds. The van der Waals surface area contributed by atoms with E-state index in [9.17, 15) is 4.79 Å². The van der Waals surface area contributed by atoms with Crippen LogP contribution in [0.25, 0.3) is 0 Å². The van der Waals surface area contributed by atoms with E-state index in [-0.39, 0.29) is 6.61 Å². The van der Waals surface area contributed by atoms with Gasteiger partial charge in [-0.1, -0.05) is 0 Å². The van der Waals surface area contributed by atoms with Crippen molar-refractivity contribution in [1.29, 1.82) is 0 Å². The summed E-state index contributed by atoms with van der Waals surface area (Å²) in [6.07, 6.45) is 0. The van der Waals surface area contributed by atoms with Gasteiger partial charge in [-0.25, -0.2) is 4.79 Å². The molecule has 198 valence electrons. The number of alkyl halides is 1. The Morgan fingerprint density at radius 2 is 0.697 bits per heavy atom. The van der Waals surface area contributed by atoms with Gasteiger partial charge in [-0.2, -0.15) is 0 Å². The molecule has 0 aliphatic rings. The lowest BCUT2D eigenvalue weighted by atomic mass is 10.6. The Kier molecular flexibility index (Phi) is 28.9. The molecule has 0 saturated heterocycles. The SMILES string of the molecule is COC(=O)COCCOCCOCCOCCOCCOCCOCCOCCOCCCl. The van der Waals surface area contributed by atoms with E-state index in [4.69, 9.17) is 54.2 Å². The monoisotopic (exact) mass is 504 g/mol. The lowest BCUT2D eigenvalue weighted by molar-refractivity contribution is -0.146. The van der Waals surface area contributed by atoms with E-state index in [1.165, 1.54) is 7.11 Å². The molecule has 0 aromatic rings. The fraction of sp³-hybridized carbons (Fsp3) is 0.952. The second-order valence-corrected chi connectivity index (χ2v) is 6.59. The molecule has 0 radical (unpaired) electrons. The third-order valence-electron chi connectivity index (χ3n) is 3.65. The van der Waals surface area contributed by atoms with Crippen molar-refractivity contribution in [2.24, 2.45) is 0 Å². The van der Waals surface area contributed by atoms with Crippen LogP contribution in [0.4, 0.5) is 0 Å². The first kappa shape index (κ1) is 32.4. The van der Waals surface area contributed by atoms with E-state index in [0.29, 0.717) is 118 Å². The Balaban J connectivity index is 3.02. The summed E-state index contributed by atoms with van der Waals surface area (Å²) < 4.78 is 52.3. The minimum atomic E-state index is -0.405. The zero-order valence-electron chi connectivity index (χ0n) is 19.8. The number of hydrogen-bond acceptors (Lipinski definition) is 11. The lowest BCUT2D eigenvalue weighted by Crippen LogP contribution is -2.16. The van der Waals surface area contributed by atoms with E-state index >= 15 is 0 Å². The molecule has 11 nitrogen and oxygen atoms in total. The number of carbonyl (C=O) groups is 1. The lowest BCUT2D eigenvalue weighted by Gasteiger charge is -2.08. The molecule has 0 saturated carbocycles. The van der Waals surface area contributed by atoms with Gasteiger partial charge in [0.05, 0.1) is 119 Å². The summed E-state index contributed by atoms with van der Waals surface area (Å²) in [6.45, 7) is 8.28. The predicted octanol–water partition coefficient (Wildman–Crippen LogP) is 0.548. The van der Waals surface area contributed by atoms with Gasteiger partial charge >= 0.3 is 5.97 Å². The van der Waals surface area contributed by atoms with E-state index in [2.05, 4.69) is 4.74 Å². The molecular weight excluding hydrogens is 464 g/mol. The molecule has 0 aliphatic carbocycles. The number of hydrogen-bond donors (Lipinski definition) is 0. The van der Waals surface area contributed by atoms with Crippen molar-refractivity contribution >= 4 is 17.6 Å². The van der Waals surface area contributed by atoms with E-state index in [1.54, 1.807) is 0 Å². The average molecular weight is 505 g/mol. The first-order chi connectivity index (χ1) is 16.3. The van der Waals surface area contributed by atoms with Gasteiger partial charge in [-0.15, -0.1) is 11.6 Å². The van der Waals surface area contributed by atoms with E-state index in [0.717, 1.165) is 0 Å². The summed E-state index contributed by atoms with van der Waals surface area (Å²) in [5.41, 5.74) is 0. The normalized spacial score (nSPS) is 11.2. The zero-order valence-corrected chi connectivity index (χ0v) is 20.6. The van der Waals surface area contributed by atoms with Gasteiger partial charge in [0, 0.05) is 5.88 Å². The van der Waals surface area contributed by atoms with Gasteiger partial charge in [-0.3, -0.25) is 0 Å². The molecule has 12 heteroatoms. The Hall–Kier alpha value is -0.600. The zero-order chi connectivity index (χ0) is 24.1. The second-order valence-electron chi connectivity index (χ2n) is 6.22. The summed E-state index contributed by atoms with van der Waals surface area (Å²) in [5, 5.41) is 0. The van der Waals surface area contributed by atoms with Crippen LogP contribution in [0.5, 0.6) is 0 Å². The summed E-state index contributed by atoms with van der Waals surface area (Å²) in [7, 11) is 1.31. The highest BCUT2D eigenvalue weighted by atomic mass is 35.5. The molecular formula is C21H41ClO11. The summed E-state index contributed by atoms with van der Waals surface area (Å²) in [5.74, 6) is 0.0909. The minimum absolute atomic E-state index is 0.0660. The van der Waals surface area contributed by atoms with Crippen molar-refractivity contribution in [3.05, 3.63) is 0 Å². The second kappa shape index (κ2) is 29.4. The summed E-state index contributed by atoms with van der Waals surface area (Å²) in [4.78, 5) is 10.8. The van der Waals surface area contributed by atoms with Crippen LogP contribution in [0.1, 0.15) is 0 Å². The van der Waals surface area contributed by atoms with Gasteiger partial charge in [0.25, 0.3) is 0 Å². The van der Waals surface area contributed by atoms with Crippen molar-refractivity contribution in [3.63, 3.8) is 0 Å². The molecule has 0 spiro atoms. The Morgan fingerprint density at radius 3 is 0.939 bits per heavy atom. The van der Waals surface area contributed by atoms with Crippen LogP contribution < -0.4 is 0 Å². The number of rotatable bonds is 28. The van der Waals surface area contributed by atoms with Gasteiger partial charge < -0.3 is 47.4 Å². The number of esters is 1. The highest BCUT2D eigenvalue weighted by molar-refractivity contribution is 6.17. The topological polar surface area (TPSA) is 109 Å². The first-order valence-electron chi connectivity index (χ1n) is 11.1. The third-order valence-corrected chi connectivity index (χ3v) is 3.80. The van der Waals surface area contributed by atoms with Crippen molar-refractivity contribution in [2.75, 3.05) is 132 Å². The molecule has 0 aromatic heterocycles. The van der Waals surface area contributed by atoms with Gasteiger partial charge in [0.2, 0.25) is 0 Å². The maximum absolute atomic E-state index is 10.8. The van der Waals surface area contributed by atoms with Gasteiger partial charge in [-0.05, 0) is 0 Å². The van der Waals surface area contributed by atoms with Crippen LogP contribution in [0, 0.1) is 0 Å². The molecule has 0 aliphatic heterocycles. The van der Waals surface area contributed by atoms with Crippen LogP contribution in [0.15, 0.2) is 0 Å². The maximum Gasteiger partial charge on any atom is 0.331 e. The van der Waals surface area contributed by atoms with Crippen LogP contribution >= 0.6 is 11.6 Å². The highest BCUT2D eigenvalue weighted by Crippen LogP contribution is 1.86. The average Bonchev–Trinajstić information content (AvgIpc) is 2.83. The quantitative estimate of drug-likeness (QED) is 0.0846. The fourth-order valence-corrected chi connectivity index (χ4v) is 2.14. The first-order valence-corrected chi connectivity index (χ1v) is 11.7. The number of carbonyl (C=O) groups excluding carboxylic acids is 1. The van der Waals surface area contributed by atoms with Crippen LogP contribution in [-0.4, -0.2) is 138 Å². The number of halogens is 1. The standard InChI is InChI=1S/C21H41ClO11/c1-24-21(23)20-33-19-18-32-17-16-31-15-14-30-13-12-29-11-10-28-9-8-27-7-6-26-5-4-25-3-2-22/h2-20H2,1H3. The van der Waals surface area contributed by atoms with Gasteiger partial charge in [0.15, 0.2) is 0 Å². The Bertz CT molecular complexity index is 391. The smallest absolute Gasteiger partial charge is 0.331 e. The molecule has 0 rings (SSSR count). The third kappa shape index (κ3) is 29.4. The van der Waals surface area contributed by atoms with Crippen molar-refractivity contribution in [2.45, 2.75) is 0 Å². The molecule has 0 N–H and O–H groups in total. The Morgan fingerprint density at radius 1 is 0.455 bits per heavy atom. The fourth-order valence-electron chi connectivity index (χ4n) is 2.03. The van der Waals surface area contributed by atoms with Crippen LogP contribution in [0.2, 0.25) is 0 Å². The molecule has 0 fully saturated rings. The summed E-state index contributed by atoms with van der Waals surface area (Å²) in [6, 6.07) is 0. The van der Waals surface area contributed by atoms with Crippen molar-refractivity contribution in [1.82, 2.24) is 0 Å². The molecule has 33 heavy (non-hydrogen) atoms. The largest absolute Gasteiger partial charge is 0.467 e. The highest BCUT2D eigenvalue weighted by Gasteiger charge is 1.99. The molecule has 0 heterocycles.